The number of nitrogens with zero attached hydrogens (tertiary/aromatic N) is 1. The van der Waals surface area contributed by atoms with Crippen LogP contribution in [-0.4, -0.2) is 28.7 Å². The van der Waals surface area contributed by atoms with E-state index in [9.17, 15) is 8.42 Å². The molecule has 0 aromatic carbocycles. The monoisotopic (exact) mass is 186 g/mol. The predicted molar refractivity (Wildman–Crippen MR) is 26.3 cm³/mol. The van der Waals surface area contributed by atoms with E-state index in [0.29, 0.717) is 0 Å². The van der Waals surface area contributed by atoms with Gasteiger partial charge < -0.3 is 0 Å². The van der Waals surface area contributed by atoms with E-state index in [4.69, 9.17) is 5.73 Å². The van der Waals surface area contributed by atoms with E-state index in [0.717, 1.165) is 0 Å². The van der Waals surface area contributed by atoms with E-state index in [-0.39, 0.29) is 4.67 Å². The third-order valence-corrected chi connectivity index (χ3v) is 0.963. The van der Waals surface area contributed by atoms with Crippen molar-refractivity contribution in [2.24, 2.45) is 10.1 Å². The Morgan fingerprint density at radius 1 is 1.71 bits per heavy atom. The van der Waals surface area contributed by atoms with Crippen LogP contribution in [0.3, 0.4) is 0 Å². The maximum atomic E-state index is 9.52. The molecule has 0 fully saturated rings. The molecule has 0 amide bonds. The second kappa shape index (κ2) is 2.90. The van der Waals surface area contributed by atoms with Gasteiger partial charge in [-0.05, 0) is 0 Å². The number of rotatable bonds is 1. The van der Waals surface area contributed by atoms with Crippen LogP contribution >= 0.6 is 0 Å². The Morgan fingerprint density at radius 2 is 2.14 bits per heavy atom. The van der Waals surface area contributed by atoms with Crippen LogP contribution in [0.1, 0.15) is 0 Å². The van der Waals surface area contributed by atoms with E-state index in [2.05, 4.69) is 19.9 Å². The summed E-state index contributed by atoms with van der Waals surface area (Å²) in [4.78, 5) is 0. The Labute approximate surface area is 49.8 Å². The van der Waals surface area contributed by atoms with Crippen LogP contribution in [0.4, 0.5) is 0 Å². The van der Waals surface area contributed by atoms with Gasteiger partial charge in [-0.3, -0.25) is 0 Å². The summed E-state index contributed by atoms with van der Waals surface area (Å²) in [6.07, 6.45) is 0. The van der Waals surface area contributed by atoms with Crippen LogP contribution in [-0.2, 0) is 10.5 Å². The number of nitrogens with two attached hydrogens (primary N) is 1. The first-order chi connectivity index (χ1) is 3.13. The molecule has 0 aliphatic carbocycles. The summed E-state index contributed by atoms with van der Waals surface area (Å²) in [5, 5.41) is 0. The van der Waals surface area contributed by atoms with Gasteiger partial charge >= 0.3 is 49.3 Å². The minimum atomic E-state index is -2.41. The summed E-state index contributed by atoms with van der Waals surface area (Å²) in [5.74, 6) is 0. The first kappa shape index (κ1) is 6.81. The van der Waals surface area contributed by atoms with E-state index in [1.807, 2.05) is 0 Å². The molecule has 0 spiro atoms. The fourth-order valence-corrected chi connectivity index (χ4v) is 0.603. The summed E-state index contributed by atoms with van der Waals surface area (Å²) >= 11 is 2.21. The van der Waals surface area contributed by atoms with Gasteiger partial charge in [-0.25, -0.2) is 0 Å². The van der Waals surface area contributed by atoms with Crippen molar-refractivity contribution in [3.8, 4) is 0 Å². The number of hydrogen-bond acceptors (Lipinski definition) is 4. The molecule has 40 valence electrons. The molecule has 0 atom stereocenters. The van der Waals surface area contributed by atoms with E-state index >= 15 is 0 Å². The van der Waals surface area contributed by atoms with Crippen LogP contribution in [0.25, 0.3) is 0 Å². The van der Waals surface area contributed by atoms with Crippen LogP contribution < -0.4 is 5.73 Å². The van der Waals surface area contributed by atoms with Gasteiger partial charge in [0.2, 0.25) is 0 Å². The number of hydrogen-bond donors (Lipinski definition) is 1. The molecule has 0 aromatic rings. The molecule has 0 unspecified atom stereocenters. The zero-order chi connectivity index (χ0) is 5.86. The van der Waals surface area contributed by atoms with Crippen molar-refractivity contribution < 1.29 is 8.42 Å². The molecule has 0 aliphatic heterocycles. The van der Waals surface area contributed by atoms with Crippen molar-refractivity contribution >= 4 is 30.7 Å². The zero-order valence-corrected chi connectivity index (χ0v) is 5.69. The normalized spacial score (nSPS) is 7.43. The molecule has 6 heteroatoms. The summed E-state index contributed by atoms with van der Waals surface area (Å²) in [6, 6.07) is 0. The van der Waals surface area contributed by atoms with E-state index < -0.39 is 10.5 Å². The molecular weight excluding hydrogens is 183 g/mol. The summed E-state index contributed by atoms with van der Waals surface area (Å²) in [6.45, 7) is 0. The van der Waals surface area contributed by atoms with Gasteiger partial charge in [-0.1, -0.05) is 0 Å². The van der Waals surface area contributed by atoms with Gasteiger partial charge in [0.1, 0.15) is 0 Å². The zero-order valence-electron chi connectivity index (χ0n) is 3.16. The van der Waals surface area contributed by atoms with Crippen LogP contribution in [0.15, 0.2) is 4.36 Å². The van der Waals surface area contributed by atoms with Crippen LogP contribution in [0.5, 0.6) is 0 Å². The SMILES string of the molecule is NC(=[Se])N=S(=O)=O. The first-order valence-corrected chi connectivity index (χ1v) is 3.12. The van der Waals surface area contributed by atoms with Gasteiger partial charge in [0.05, 0.1) is 0 Å². The van der Waals surface area contributed by atoms with E-state index in [1.165, 1.54) is 0 Å². The molecule has 4 nitrogen and oxygen atoms in total. The van der Waals surface area contributed by atoms with Crippen LogP contribution in [0, 0.1) is 0 Å². The third kappa shape index (κ3) is 5.81. The Morgan fingerprint density at radius 3 is 2.14 bits per heavy atom. The van der Waals surface area contributed by atoms with Gasteiger partial charge in [0.25, 0.3) is 0 Å². The Balaban J connectivity index is 4.26. The third-order valence-electron chi connectivity index (χ3n) is 0.165. The van der Waals surface area contributed by atoms with Gasteiger partial charge in [-0.15, -0.1) is 0 Å². The Hall–Kier alpha value is -0.191. The summed E-state index contributed by atoms with van der Waals surface area (Å²) in [7, 11) is -2.41. The minimum absolute atomic E-state index is 0.0756. The summed E-state index contributed by atoms with van der Waals surface area (Å²) in [5.41, 5.74) is 4.79. The van der Waals surface area contributed by atoms with E-state index in [1.54, 1.807) is 0 Å². The standard InChI is InChI=1S/CH2N2O2SSe/c2-1(7)3-6(4)5/h(H2,2,7). The maximum absolute atomic E-state index is 9.52. The van der Waals surface area contributed by atoms with Gasteiger partial charge in [0, 0.05) is 0 Å². The molecule has 0 saturated heterocycles. The Kier molecular flexibility index (Phi) is 2.82. The van der Waals surface area contributed by atoms with Gasteiger partial charge in [-0.2, -0.15) is 0 Å². The molecule has 0 bridgehead atoms. The predicted octanol–water partition coefficient (Wildman–Crippen LogP) is -1.74. The molecule has 7 heavy (non-hydrogen) atoms. The molecule has 0 radical (unpaired) electrons. The second-order valence-electron chi connectivity index (χ2n) is 0.647. The van der Waals surface area contributed by atoms with Crippen molar-refractivity contribution in [2.75, 3.05) is 0 Å². The van der Waals surface area contributed by atoms with Crippen molar-refractivity contribution in [1.82, 2.24) is 0 Å². The molecule has 0 rings (SSSR count). The quantitative estimate of drug-likeness (QED) is 0.493. The topological polar surface area (TPSA) is 72.5 Å². The summed E-state index contributed by atoms with van der Waals surface area (Å²) < 4.78 is 21.8. The molecule has 0 aromatic heterocycles. The van der Waals surface area contributed by atoms with Crippen molar-refractivity contribution in [3.63, 3.8) is 0 Å². The van der Waals surface area contributed by atoms with Crippen molar-refractivity contribution in [3.05, 3.63) is 0 Å². The first-order valence-electron chi connectivity index (χ1n) is 1.23. The molecule has 2 N–H and O–H groups in total. The second-order valence-corrected chi connectivity index (χ2v) is 2.14. The molecule has 0 heterocycles. The van der Waals surface area contributed by atoms with Crippen molar-refractivity contribution in [1.29, 1.82) is 0 Å². The fraction of sp³-hybridized carbons (Fsp3) is 0. The van der Waals surface area contributed by atoms with Crippen molar-refractivity contribution in [2.45, 2.75) is 0 Å². The van der Waals surface area contributed by atoms with Crippen LogP contribution in [0.2, 0.25) is 0 Å². The molecule has 0 saturated carbocycles. The van der Waals surface area contributed by atoms with Gasteiger partial charge in [0.15, 0.2) is 0 Å². The fourth-order valence-electron chi connectivity index (χ4n) is 0.0735. The average molecular weight is 185 g/mol. The average Bonchev–Trinajstić information content (AvgIpc) is 1.27. The molecule has 0 aliphatic rings. The molecular formula is CH2N2O2SSe. The Bertz CT molecular complexity index is 184.